The highest BCUT2D eigenvalue weighted by Gasteiger charge is 2.20. The third kappa shape index (κ3) is 5.43. The number of benzene rings is 2. The van der Waals surface area contributed by atoms with E-state index < -0.39 is 17.5 Å². The van der Waals surface area contributed by atoms with Gasteiger partial charge in [0.2, 0.25) is 5.75 Å². The maximum absolute atomic E-state index is 13.2. The summed E-state index contributed by atoms with van der Waals surface area (Å²) in [6, 6.07) is 9.42. The number of nitro benzene ring substituents is 1. The number of nitrogens with zero attached hydrogens (tertiary/aromatic N) is 4. The molecule has 0 saturated heterocycles. The summed E-state index contributed by atoms with van der Waals surface area (Å²) in [6.07, 6.45) is 1.27. The number of fused-ring (bicyclic) bond motifs is 1. The van der Waals surface area contributed by atoms with Gasteiger partial charge in [0.1, 0.15) is 5.82 Å². The minimum absolute atomic E-state index is 0.132. The summed E-state index contributed by atoms with van der Waals surface area (Å²) in [5, 5.41) is 16.1. The van der Waals surface area contributed by atoms with Gasteiger partial charge in [-0.3, -0.25) is 14.9 Å². The van der Waals surface area contributed by atoms with E-state index in [1.165, 1.54) is 24.4 Å². The maximum Gasteiger partial charge on any atom is 0.344 e. The maximum atomic E-state index is 13.2. The molecule has 0 amide bonds. The Hall–Kier alpha value is -3.60. The number of hydrogen-bond acceptors (Lipinski definition) is 8. The van der Waals surface area contributed by atoms with E-state index in [-0.39, 0.29) is 35.1 Å². The van der Waals surface area contributed by atoms with Crippen molar-refractivity contribution in [1.82, 2.24) is 9.66 Å². The summed E-state index contributed by atoms with van der Waals surface area (Å²) < 4.78 is 12.1. The molecule has 0 saturated carbocycles. The first-order chi connectivity index (χ1) is 15.7. The van der Waals surface area contributed by atoms with Crippen LogP contribution in [0.15, 0.2) is 50.8 Å². The summed E-state index contributed by atoms with van der Waals surface area (Å²) in [7, 11) is 0. The number of carbonyl (C=O) groups is 1. The van der Waals surface area contributed by atoms with Crippen LogP contribution in [0, 0.1) is 10.1 Å². The van der Waals surface area contributed by atoms with Crippen molar-refractivity contribution in [3.8, 4) is 5.75 Å². The van der Waals surface area contributed by atoms with Crippen LogP contribution in [-0.2, 0) is 9.53 Å². The summed E-state index contributed by atoms with van der Waals surface area (Å²) >= 11 is 3.35. The molecule has 0 radical (unpaired) electrons. The van der Waals surface area contributed by atoms with E-state index >= 15 is 0 Å². The van der Waals surface area contributed by atoms with Gasteiger partial charge in [0.05, 0.1) is 28.6 Å². The number of rotatable bonds is 8. The number of halogens is 1. The van der Waals surface area contributed by atoms with E-state index in [2.05, 4.69) is 26.0 Å². The van der Waals surface area contributed by atoms with Crippen LogP contribution in [0.3, 0.4) is 0 Å². The molecule has 10 nitrogen and oxygen atoms in total. The molecule has 3 aromatic rings. The highest BCUT2D eigenvalue weighted by molar-refractivity contribution is 9.10. The molecular formula is C22H21BrN4O6. The van der Waals surface area contributed by atoms with E-state index in [9.17, 15) is 19.7 Å². The summed E-state index contributed by atoms with van der Waals surface area (Å²) in [5.41, 5.74) is 0.0116. The highest BCUT2D eigenvalue weighted by atomic mass is 79.9. The molecule has 0 bridgehead atoms. The lowest BCUT2D eigenvalue weighted by molar-refractivity contribution is -0.385. The van der Waals surface area contributed by atoms with Gasteiger partial charge in [0, 0.05) is 22.0 Å². The molecular weight excluding hydrogens is 496 g/mol. The second kappa shape index (κ2) is 10.3. The summed E-state index contributed by atoms with van der Waals surface area (Å²) in [5.74, 6) is -0.533. The van der Waals surface area contributed by atoms with E-state index in [1.807, 2.05) is 13.8 Å². The van der Waals surface area contributed by atoms with Crippen LogP contribution in [0.1, 0.15) is 38.1 Å². The van der Waals surface area contributed by atoms with Crippen LogP contribution in [0.25, 0.3) is 10.9 Å². The van der Waals surface area contributed by atoms with Crippen LogP contribution in [-0.4, -0.2) is 40.0 Å². The number of nitro groups is 1. The van der Waals surface area contributed by atoms with Crippen LogP contribution < -0.4 is 10.3 Å². The molecule has 0 aliphatic rings. The van der Waals surface area contributed by atoms with Crippen LogP contribution >= 0.6 is 15.9 Å². The molecule has 0 N–H and O–H groups in total. The molecule has 1 heterocycles. The fourth-order valence-corrected chi connectivity index (χ4v) is 3.41. The first-order valence-electron chi connectivity index (χ1n) is 10.0. The van der Waals surface area contributed by atoms with Crippen molar-refractivity contribution in [2.24, 2.45) is 5.10 Å². The lowest BCUT2D eigenvalue weighted by Gasteiger charge is -2.12. The average molecular weight is 517 g/mol. The molecule has 0 aliphatic heterocycles. The minimum Gasteiger partial charge on any atom is -0.474 e. The van der Waals surface area contributed by atoms with E-state index in [4.69, 9.17) is 9.47 Å². The van der Waals surface area contributed by atoms with Gasteiger partial charge < -0.3 is 9.47 Å². The Morgan fingerprint density at radius 3 is 2.76 bits per heavy atom. The monoisotopic (exact) mass is 516 g/mol. The number of ether oxygens (including phenoxy) is 2. The molecule has 2 aromatic carbocycles. The Morgan fingerprint density at radius 2 is 2.09 bits per heavy atom. The van der Waals surface area contributed by atoms with Crippen molar-refractivity contribution >= 4 is 44.7 Å². The lowest BCUT2D eigenvalue weighted by atomic mass is 10.2. The van der Waals surface area contributed by atoms with Crippen LogP contribution in [0.2, 0.25) is 0 Å². The second-order valence-corrected chi connectivity index (χ2v) is 8.11. The number of hydrogen-bond donors (Lipinski definition) is 0. The van der Waals surface area contributed by atoms with Gasteiger partial charge in [0.15, 0.2) is 6.61 Å². The molecule has 0 spiro atoms. The van der Waals surface area contributed by atoms with Crippen molar-refractivity contribution in [2.75, 3.05) is 13.2 Å². The Bertz CT molecular complexity index is 1300. The summed E-state index contributed by atoms with van der Waals surface area (Å²) in [6.45, 7) is 5.03. The molecule has 0 aliphatic carbocycles. The lowest BCUT2D eigenvalue weighted by Crippen LogP contribution is -2.23. The number of aromatic nitrogens is 2. The third-order valence-electron chi connectivity index (χ3n) is 4.52. The van der Waals surface area contributed by atoms with E-state index in [0.29, 0.717) is 16.7 Å². The summed E-state index contributed by atoms with van der Waals surface area (Å²) in [4.78, 5) is 40.3. The van der Waals surface area contributed by atoms with E-state index in [1.54, 1.807) is 25.1 Å². The molecule has 33 heavy (non-hydrogen) atoms. The zero-order valence-corrected chi connectivity index (χ0v) is 19.7. The fourth-order valence-electron chi connectivity index (χ4n) is 3.05. The van der Waals surface area contributed by atoms with Crippen molar-refractivity contribution < 1.29 is 19.2 Å². The van der Waals surface area contributed by atoms with Crippen molar-refractivity contribution in [2.45, 2.75) is 26.7 Å². The van der Waals surface area contributed by atoms with Gasteiger partial charge in [-0.15, -0.1) is 0 Å². The highest BCUT2D eigenvalue weighted by Crippen LogP contribution is 2.30. The smallest absolute Gasteiger partial charge is 0.344 e. The largest absolute Gasteiger partial charge is 0.474 e. The number of para-hydroxylation sites is 1. The molecule has 0 unspecified atom stereocenters. The second-order valence-electron chi connectivity index (χ2n) is 7.19. The van der Waals surface area contributed by atoms with Crippen LogP contribution in [0.5, 0.6) is 5.75 Å². The fraction of sp³-hybridized carbons (Fsp3) is 0.273. The molecule has 11 heteroatoms. The Morgan fingerprint density at radius 1 is 1.33 bits per heavy atom. The predicted molar refractivity (Wildman–Crippen MR) is 126 cm³/mol. The minimum atomic E-state index is -0.666. The van der Waals surface area contributed by atoms with Crippen molar-refractivity contribution in [3.63, 3.8) is 0 Å². The van der Waals surface area contributed by atoms with Gasteiger partial charge in [0.25, 0.3) is 5.56 Å². The molecule has 1 aromatic heterocycles. The molecule has 0 atom stereocenters. The molecule has 0 fully saturated rings. The Kier molecular flexibility index (Phi) is 7.54. The number of carbonyl (C=O) groups excluding carboxylic acids is 1. The Labute approximate surface area is 197 Å². The topological polar surface area (TPSA) is 126 Å². The molecule has 172 valence electrons. The average Bonchev–Trinajstić information content (AvgIpc) is 2.77. The zero-order chi connectivity index (χ0) is 24.1. The zero-order valence-electron chi connectivity index (χ0n) is 18.1. The van der Waals surface area contributed by atoms with Gasteiger partial charge >= 0.3 is 11.7 Å². The normalized spacial score (nSPS) is 11.3. The standard InChI is InChI=1S/C22H21BrN4O6/c1-4-32-19(28)12-33-20-14(6-5-7-18(20)27(30)31)11-24-26-21(13(2)3)25-17-9-8-15(23)10-16(17)22(26)29/h5-11,13H,4,12H2,1-3H3. The Balaban J connectivity index is 2.11. The predicted octanol–water partition coefficient (Wildman–Crippen LogP) is 4.01. The van der Waals surface area contributed by atoms with Gasteiger partial charge in [-0.1, -0.05) is 35.8 Å². The first kappa shape index (κ1) is 24.1. The SMILES string of the molecule is CCOC(=O)COc1c(C=Nn2c(C(C)C)nc3ccc(Br)cc3c2=O)cccc1[N+](=O)[O-]. The number of esters is 1. The molecule has 3 rings (SSSR count). The van der Waals surface area contributed by atoms with E-state index in [0.717, 1.165) is 9.15 Å². The van der Waals surface area contributed by atoms with Gasteiger partial charge in [-0.25, -0.2) is 9.78 Å². The van der Waals surface area contributed by atoms with Crippen LogP contribution in [0.4, 0.5) is 5.69 Å². The quantitative estimate of drug-likeness (QED) is 0.191. The van der Waals surface area contributed by atoms with Crippen molar-refractivity contribution in [3.05, 3.63) is 72.7 Å². The first-order valence-corrected chi connectivity index (χ1v) is 10.8. The van der Waals surface area contributed by atoms with Gasteiger partial charge in [-0.2, -0.15) is 9.78 Å². The van der Waals surface area contributed by atoms with Crippen molar-refractivity contribution in [1.29, 1.82) is 0 Å². The van der Waals surface area contributed by atoms with Gasteiger partial charge in [-0.05, 0) is 31.2 Å². The third-order valence-corrected chi connectivity index (χ3v) is 5.02.